The number of nitrogens with zero attached hydrogens (tertiary/aromatic N) is 3. The molecule has 0 aliphatic rings. The van der Waals surface area contributed by atoms with Gasteiger partial charge in [0.05, 0.1) is 10.6 Å². The molecule has 7 heteroatoms. The van der Waals surface area contributed by atoms with Gasteiger partial charge in [0.1, 0.15) is 0 Å². The molecule has 1 N–H and O–H groups in total. The number of anilines is 1. The van der Waals surface area contributed by atoms with E-state index in [-0.39, 0.29) is 24.5 Å². The molecule has 122 valence electrons. The number of hydrogen-bond donors (Lipinski definition) is 1. The number of aryl methyl sites for hydroxylation is 1. The summed E-state index contributed by atoms with van der Waals surface area (Å²) in [6.07, 6.45) is 5.34. The lowest BCUT2D eigenvalue weighted by Gasteiger charge is -2.09. The minimum atomic E-state index is -0.224. The van der Waals surface area contributed by atoms with Crippen LogP contribution in [0.2, 0.25) is 0 Å². The van der Waals surface area contributed by atoms with Crippen LogP contribution in [0.4, 0.5) is 5.69 Å². The third-order valence-electron chi connectivity index (χ3n) is 3.38. The Bertz CT molecular complexity index is 855. The highest BCUT2D eigenvalue weighted by molar-refractivity contribution is 7.14. The highest BCUT2D eigenvalue weighted by Gasteiger charge is 2.13. The number of Topliss-reactive ketones (excluding diaryl/α,β-unsaturated/α-hetero) is 1. The molecule has 0 aliphatic heterocycles. The number of carbonyl (C=O) groups is 2. The molecule has 3 aromatic heterocycles. The Kier molecular flexibility index (Phi) is 4.81. The lowest BCUT2D eigenvalue weighted by Crippen LogP contribution is -2.15. The molecule has 0 saturated heterocycles. The van der Waals surface area contributed by atoms with Crippen LogP contribution in [0.3, 0.4) is 0 Å². The Balaban J connectivity index is 1.62. The summed E-state index contributed by atoms with van der Waals surface area (Å²) in [5.41, 5.74) is 0.561. The van der Waals surface area contributed by atoms with Crippen molar-refractivity contribution in [3.8, 4) is 5.82 Å². The number of rotatable bonds is 6. The van der Waals surface area contributed by atoms with Gasteiger partial charge in [-0.3, -0.25) is 9.59 Å². The first kappa shape index (κ1) is 16.1. The fraction of sp³-hybridized carbons (Fsp3) is 0.176. The molecule has 0 spiro atoms. The molecule has 0 saturated carbocycles. The predicted molar refractivity (Wildman–Crippen MR) is 92.6 cm³/mol. The van der Waals surface area contributed by atoms with Crippen LogP contribution in [0.15, 0.2) is 48.9 Å². The first-order chi connectivity index (χ1) is 11.6. The van der Waals surface area contributed by atoms with Crippen molar-refractivity contribution >= 4 is 28.7 Å². The van der Waals surface area contributed by atoms with E-state index in [4.69, 9.17) is 0 Å². The molecule has 3 rings (SSSR count). The van der Waals surface area contributed by atoms with E-state index in [0.717, 1.165) is 4.88 Å². The molecule has 6 nitrogen and oxygen atoms in total. The van der Waals surface area contributed by atoms with Crippen LogP contribution < -0.4 is 5.32 Å². The molecule has 0 aromatic carbocycles. The van der Waals surface area contributed by atoms with Gasteiger partial charge in [0.15, 0.2) is 11.6 Å². The first-order valence-electron chi connectivity index (χ1n) is 7.48. The van der Waals surface area contributed by atoms with E-state index in [1.165, 1.54) is 11.3 Å². The van der Waals surface area contributed by atoms with Crippen molar-refractivity contribution in [3.05, 3.63) is 58.7 Å². The molecule has 24 heavy (non-hydrogen) atoms. The van der Waals surface area contributed by atoms with Gasteiger partial charge in [-0.2, -0.15) is 5.10 Å². The Morgan fingerprint density at radius 2 is 2.04 bits per heavy atom. The average Bonchev–Trinajstić information content (AvgIpc) is 3.25. The van der Waals surface area contributed by atoms with Crippen LogP contribution in [0.25, 0.3) is 5.82 Å². The number of aromatic nitrogens is 3. The summed E-state index contributed by atoms with van der Waals surface area (Å²) < 4.78 is 1.58. The van der Waals surface area contributed by atoms with Crippen molar-refractivity contribution in [1.82, 2.24) is 14.8 Å². The fourth-order valence-corrected chi connectivity index (χ4v) is 3.05. The Hall–Kier alpha value is -2.80. The van der Waals surface area contributed by atoms with Crippen LogP contribution in [0.5, 0.6) is 0 Å². The van der Waals surface area contributed by atoms with Gasteiger partial charge in [-0.1, -0.05) is 0 Å². The zero-order valence-corrected chi connectivity index (χ0v) is 13.9. The Morgan fingerprint density at radius 1 is 1.17 bits per heavy atom. The smallest absolute Gasteiger partial charge is 0.224 e. The summed E-state index contributed by atoms with van der Waals surface area (Å²) in [5.74, 6) is 0.302. The van der Waals surface area contributed by atoms with Gasteiger partial charge in [0, 0.05) is 36.3 Å². The van der Waals surface area contributed by atoms with Crippen LogP contribution in [0.1, 0.15) is 27.4 Å². The Labute approximate surface area is 143 Å². The van der Waals surface area contributed by atoms with Crippen LogP contribution >= 0.6 is 11.3 Å². The molecule has 0 bridgehead atoms. The van der Waals surface area contributed by atoms with Gasteiger partial charge in [0.25, 0.3) is 0 Å². The van der Waals surface area contributed by atoms with Gasteiger partial charge >= 0.3 is 0 Å². The molecule has 3 aromatic rings. The highest BCUT2D eigenvalue weighted by Crippen LogP contribution is 2.19. The molecule has 0 atom stereocenters. The van der Waals surface area contributed by atoms with Crippen molar-refractivity contribution in [2.24, 2.45) is 0 Å². The summed E-state index contributed by atoms with van der Waals surface area (Å²) in [6, 6.07) is 8.98. The third-order valence-corrected chi connectivity index (χ3v) is 4.42. The Morgan fingerprint density at radius 3 is 2.75 bits per heavy atom. The van der Waals surface area contributed by atoms with Crippen LogP contribution in [0, 0.1) is 6.92 Å². The quantitative estimate of drug-likeness (QED) is 0.699. The maximum atomic E-state index is 12.2. The topological polar surface area (TPSA) is 76.9 Å². The predicted octanol–water partition coefficient (Wildman–Crippen LogP) is 3.24. The van der Waals surface area contributed by atoms with E-state index in [2.05, 4.69) is 15.4 Å². The number of amides is 1. The van der Waals surface area contributed by atoms with Crippen LogP contribution in [-0.4, -0.2) is 26.5 Å². The lowest BCUT2D eigenvalue weighted by molar-refractivity contribution is -0.116. The summed E-state index contributed by atoms with van der Waals surface area (Å²) in [4.78, 5) is 30.2. The number of hydrogen-bond acceptors (Lipinski definition) is 5. The van der Waals surface area contributed by atoms with Crippen molar-refractivity contribution < 1.29 is 9.59 Å². The molecule has 0 aliphatic carbocycles. The van der Waals surface area contributed by atoms with Crippen molar-refractivity contribution in [1.29, 1.82) is 0 Å². The van der Waals surface area contributed by atoms with E-state index in [0.29, 0.717) is 16.4 Å². The molecular weight excluding hydrogens is 324 g/mol. The molecule has 0 fully saturated rings. The molecule has 0 unspecified atom stereocenters. The first-order valence-corrected chi connectivity index (χ1v) is 8.29. The van der Waals surface area contributed by atoms with Crippen LogP contribution in [-0.2, 0) is 4.79 Å². The molecular formula is C17H16N4O2S. The molecule has 1 amide bonds. The average molecular weight is 340 g/mol. The summed E-state index contributed by atoms with van der Waals surface area (Å²) >= 11 is 1.45. The minimum Gasteiger partial charge on any atom is -0.323 e. The molecule has 3 heterocycles. The summed E-state index contributed by atoms with van der Waals surface area (Å²) in [5, 5.41) is 6.92. The zero-order chi connectivity index (χ0) is 16.9. The van der Waals surface area contributed by atoms with Crippen molar-refractivity contribution in [2.45, 2.75) is 19.8 Å². The summed E-state index contributed by atoms with van der Waals surface area (Å²) in [6.45, 7) is 1.95. The van der Waals surface area contributed by atoms with Gasteiger partial charge < -0.3 is 5.32 Å². The van der Waals surface area contributed by atoms with E-state index in [1.54, 1.807) is 47.5 Å². The van der Waals surface area contributed by atoms with E-state index < -0.39 is 0 Å². The second kappa shape index (κ2) is 7.18. The SMILES string of the molecule is Cc1ccc(C(=O)CCC(=O)Nc2cccnc2-n2cccn2)s1. The normalized spacial score (nSPS) is 10.5. The second-order valence-corrected chi connectivity index (χ2v) is 6.49. The highest BCUT2D eigenvalue weighted by atomic mass is 32.1. The van der Waals surface area contributed by atoms with Gasteiger partial charge in [-0.25, -0.2) is 9.67 Å². The molecule has 0 radical (unpaired) electrons. The third kappa shape index (κ3) is 3.75. The second-order valence-electron chi connectivity index (χ2n) is 5.21. The largest absolute Gasteiger partial charge is 0.323 e. The fourth-order valence-electron chi connectivity index (χ4n) is 2.22. The van der Waals surface area contributed by atoms with E-state index in [1.807, 2.05) is 13.0 Å². The monoisotopic (exact) mass is 340 g/mol. The number of pyridine rings is 1. The standard InChI is InChI=1S/C17H16N4O2S/c1-12-5-7-15(24-12)14(22)6-8-16(23)20-13-4-2-9-18-17(13)21-11-3-10-19-21/h2-5,7,9-11H,6,8H2,1H3,(H,20,23). The maximum Gasteiger partial charge on any atom is 0.224 e. The number of thiophene rings is 1. The zero-order valence-electron chi connectivity index (χ0n) is 13.1. The van der Waals surface area contributed by atoms with Gasteiger partial charge in [0.2, 0.25) is 5.91 Å². The van der Waals surface area contributed by atoms with Gasteiger partial charge in [-0.05, 0) is 37.3 Å². The number of carbonyl (C=O) groups excluding carboxylic acids is 2. The lowest BCUT2D eigenvalue weighted by atomic mass is 10.2. The van der Waals surface area contributed by atoms with Crippen molar-refractivity contribution in [2.75, 3.05) is 5.32 Å². The van der Waals surface area contributed by atoms with Crippen molar-refractivity contribution in [3.63, 3.8) is 0 Å². The van der Waals surface area contributed by atoms with Gasteiger partial charge in [-0.15, -0.1) is 11.3 Å². The van der Waals surface area contributed by atoms with E-state index in [9.17, 15) is 9.59 Å². The minimum absolute atomic E-state index is 0.0123. The van der Waals surface area contributed by atoms with E-state index >= 15 is 0 Å². The maximum absolute atomic E-state index is 12.2. The summed E-state index contributed by atoms with van der Waals surface area (Å²) in [7, 11) is 0. The number of ketones is 1. The number of nitrogens with one attached hydrogen (secondary N) is 1.